The van der Waals surface area contributed by atoms with Gasteiger partial charge < -0.3 is 0 Å². The Kier molecular flexibility index (Phi) is 8.06. The van der Waals surface area contributed by atoms with Crippen LogP contribution in [0.5, 0.6) is 0 Å². The van der Waals surface area contributed by atoms with Gasteiger partial charge in [0.25, 0.3) is 0 Å². The lowest BCUT2D eigenvalue weighted by Crippen LogP contribution is -2.58. The first-order chi connectivity index (χ1) is 20.9. The SMILES string of the molecule is C1CCC(C2CCCCC2C2C3CCCCC3C(C3CCC4CCC5CCCC6CCC3C4C56)C3CCCC[C@H]32)CC1. The maximum absolute atomic E-state index is 1.67. The monoisotopic (exact) mass is 573 g/mol. The zero-order chi connectivity index (χ0) is 27.6. The van der Waals surface area contributed by atoms with Crippen molar-refractivity contribution in [2.45, 2.75) is 167 Å². The lowest BCUT2D eigenvalue weighted by molar-refractivity contribution is -0.163. The fourth-order valence-electron chi connectivity index (χ4n) is 16.8. The second kappa shape index (κ2) is 12.0. The van der Waals surface area contributed by atoms with Gasteiger partial charge in [0.2, 0.25) is 0 Å². The van der Waals surface area contributed by atoms with Gasteiger partial charge in [0.05, 0.1) is 0 Å². The Labute approximate surface area is 261 Å². The molecule has 0 aliphatic heterocycles. The molecule has 0 N–H and O–H groups in total. The molecule has 0 bridgehead atoms. The van der Waals surface area contributed by atoms with Crippen molar-refractivity contribution >= 4 is 0 Å². The van der Waals surface area contributed by atoms with E-state index >= 15 is 0 Å². The molecule has 0 heterocycles. The smallest absolute Gasteiger partial charge is 0.0321 e. The minimum absolute atomic E-state index is 1.12. The predicted molar refractivity (Wildman–Crippen MR) is 176 cm³/mol. The summed E-state index contributed by atoms with van der Waals surface area (Å²) in [5, 5.41) is 0. The molecule has 236 valence electrons. The molecule has 0 aromatic rings. The molecule has 9 fully saturated rings. The highest BCUT2D eigenvalue weighted by atomic mass is 14.7. The second-order valence-corrected chi connectivity index (χ2v) is 18.8. The van der Waals surface area contributed by atoms with Crippen LogP contribution in [-0.4, -0.2) is 0 Å². The summed E-state index contributed by atoms with van der Waals surface area (Å²) in [6.07, 6.45) is 42.0. The number of hydrogen-bond acceptors (Lipinski definition) is 0. The zero-order valence-corrected chi connectivity index (χ0v) is 27.6. The lowest BCUT2D eigenvalue weighted by atomic mass is 9.40. The Morgan fingerprint density at radius 2 is 0.500 bits per heavy atom. The van der Waals surface area contributed by atoms with Crippen LogP contribution in [0, 0.1) is 94.7 Å². The molecule has 0 heteroatoms. The first kappa shape index (κ1) is 28.2. The maximum atomic E-state index is 1.67. The summed E-state index contributed by atoms with van der Waals surface area (Å²) < 4.78 is 0. The highest BCUT2D eigenvalue weighted by Crippen LogP contribution is 2.68. The molecule has 0 nitrogen and oxygen atoms in total. The molecule has 15 atom stereocenters. The molecule has 0 aromatic heterocycles. The van der Waals surface area contributed by atoms with Crippen LogP contribution < -0.4 is 0 Å². The van der Waals surface area contributed by atoms with E-state index in [4.69, 9.17) is 0 Å². The van der Waals surface area contributed by atoms with E-state index < -0.39 is 0 Å². The molecule has 0 radical (unpaired) electrons. The normalized spacial score (nSPS) is 54.7. The van der Waals surface area contributed by atoms with Crippen LogP contribution in [0.1, 0.15) is 167 Å². The van der Waals surface area contributed by atoms with Gasteiger partial charge in [0.15, 0.2) is 0 Å². The topological polar surface area (TPSA) is 0 Å². The minimum atomic E-state index is 1.12. The number of hydrogen-bond donors (Lipinski definition) is 0. The quantitative estimate of drug-likeness (QED) is 0.315. The summed E-state index contributed by atoms with van der Waals surface area (Å²) >= 11 is 0. The van der Waals surface area contributed by atoms with E-state index in [1.807, 2.05) is 0 Å². The van der Waals surface area contributed by atoms with Crippen LogP contribution >= 0.6 is 0 Å². The van der Waals surface area contributed by atoms with Crippen molar-refractivity contribution in [2.24, 2.45) is 94.7 Å². The van der Waals surface area contributed by atoms with Crippen molar-refractivity contribution in [1.82, 2.24) is 0 Å². The Hall–Kier alpha value is 0. The van der Waals surface area contributed by atoms with Crippen molar-refractivity contribution in [2.75, 3.05) is 0 Å². The van der Waals surface area contributed by atoms with Gasteiger partial charge in [-0.25, -0.2) is 0 Å². The molecule has 0 amide bonds. The molecule has 9 aliphatic carbocycles. The van der Waals surface area contributed by atoms with E-state index in [2.05, 4.69) is 0 Å². The summed E-state index contributed by atoms with van der Waals surface area (Å²) in [7, 11) is 0. The van der Waals surface area contributed by atoms with Gasteiger partial charge >= 0.3 is 0 Å². The van der Waals surface area contributed by atoms with Crippen molar-refractivity contribution in [3.63, 3.8) is 0 Å². The van der Waals surface area contributed by atoms with Crippen molar-refractivity contribution < 1.29 is 0 Å². The van der Waals surface area contributed by atoms with Crippen LogP contribution in [0.15, 0.2) is 0 Å². The summed E-state index contributed by atoms with van der Waals surface area (Å²) in [4.78, 5) is 0. The Bertz CT molecular complexity index is 883. The van der Waals surface area contributed by atoms with E-state index in [1.54, 1.807) is 167 Å². The van der Waals surface area contributed by atoms with E-state index in [-0.39, 0.29) is 0 Å². The van der Waals surface area contributed by atoms with E-state index in [1.165, 1.54) is 11.8 Å². The zero-order valence-electron chi connectivity index (χ0n) is 27.6. The van der Waals surface area contributed by atoms with Gasteiger partial charge in [0, 0.05) is 0 Å². The molecular formula is C42H68. The Morgan fingerprint density at radius 1 is 0.167 bits per heavy atom. The molecule has 14 unspecified atom stereocenters. The molecular weight excluding hydrogens is 504 g/mol. The van der Waals surface area contributed by atoms with Crippen molar-refractivity contribution in [1.29, 1.82) is 0 Å². The van der Waals surface area contributed by atoms with Crippen LogP contribution in [-0.2, 0) is 0 Å². The van der Waals surface area contributed by atoms with Crippen LogP contribution in [0.25, 0.3) is 0 Å². The lowest BCUT2D eigenvalue weighted by Gasteiger charge is -2.65. The minimum Gasteiger partial charge on any atom is -0.0533 e. The standard InChI is InChI=1S/C42H68/c1-2-11-27(12-3-1)31-15-4-5-16-32(31)41-33-17-6-8-19-35(33)42(36-20-9-7-18-34(36)41)38-26-24-30-22-21-28-13-10-14-29-23-25-37(38)40(30)39(28)29/h27-42H,1-26H2/t28?,29?,30?,31?,32?,33-,34?,35?,36?,37?,38?,39?,40?,41?,42?/m1/s1. The third-order valence-corrected chi connectivity index (χ3v) is 17.8. The van der Waals surface area contributed by atoms with Crippen LogP contribution in [0.2, 0.25) is 0 Å². The first-order valence-corrected chi connectivity index (χ1v) is 20.9. The van der Waals surface area contributed by atoms with E-state index in [9.17, 15) is 0 Å². The highest BCUT2D eigenvalue weighted by Gasteiger charge is 2.60. The molecule has 0 aromatic carbocycles. The molecule has 42 heavy (non-hydrogen) atoms. The summed E-state index contributed by atoms with van der Waals surface area (Å²) in [6.45, 7) is 0. The first-order valence-electron chi connectivity index (χ1n) is 20.9. The van der Waals surface area contributed by atoms with E-state index in [0.717, 1.165) is 82.9 Å². The molecule has 0 saturated heterocycles. The van der Waals surface area contributed by atoms with Gasteiger partial charge in [-0.05, 0) is 172 Å². The fraction of sp³-hybridized carbons (Fsp3) is 1.00. The third kappa shape index (κ3) is 4.68. The van der Waals surface area contributed by atoms with Gasteiger partial charge in [0.1, 0.15) is 0 Å². The summed E-state index contributed by atoms with van der Waals surface area (Å²) in [5.74, 6) is 18.3. The third-order valence-electron chi connectivity index (χ3n) is 17.8. The van der Waals surface area contributed by atoms with Gasteiger partial charge in [-0.15, -0.1) is 0 Å². The maximum Gasteiger partial charge on any atom is -0.0321 e. The van der Waals surface area contributed by atoms with Gasteiger partial charge in [-0.2, -0.15) is 0 Å². The van der Waals surface area contributed by atoms with Crippen molar-refractivity contribution in [3.05, 3.63) is 0 Å². The molecule has 0 spiro atoms. The summed E-state index contributed by atoms with van der Waals surface area (Å²) in [6, 6.07) is 0. The molecule has 9 saturated carbocycles. The second-order valence-electron chi connectivity index (χ2n) is 18.8. The van der Waals surface area contributed by atoms with Crippen LogP contribution in [0.3, 0.4) is 0 Å². The average molecular weight is 573 g/mol. The Morgan fingerprint density at radius 3 is 1.02 bits per heavy atom. The molecule has 9 rings (SSSR count). The number of fused-ring (bicyclic) bond motifs is 2. The van der Waals surface area contributed by atoms with Gasteiger partial charge in [-0.3, -0.25) is 0 Å². The fourth-order valence-corrected chi connectivity index (χ4v) is 16.8. The highest BCUT2D eigenvalue weighted by molar-refractivity contribution is 5.09. The predicted octanol–water partition coefficient (Wildman–Crippen LogP) is 12.1. The van der Waals surface area contributed by atoms with Gasteiger partial charge in [-0.1, -0.05) is 89.9 Å². The van der Waals surface area contributed by atoms with Crippen molar-refractivity contribution in [3.8, 4) is 0 Å². The Balaban J connectivity index is 1.05. The number of rotatable bonds is 3. The average Bonchev–Trinajstić information content (AvgIpc) is 3.06. The summed E-state index contributed by atoms with van der Waals surface area (Å²) in [5.41, 5.74) is 0. The van der Waals surface area contributed by atoms with Crippen LogP contribution in [0.4, 0.5) is 0 Å². The van der Waals surface area contributed by atoms with E-state index in [0.29, 0.717) is 0 Å². The molecule has 9 aliphatic rings. The largest absolute Gasteiger partial charge is 0.0533 e.